The van der Waals surface area contributed by atoms with Crippen molar-refractivity contribution in [1.29, 1.82) is 0 Å². The molecular formula is C13H21N3O2S. The van der Waals surface area contributed by atoms with Crippen LogP contribution in [0.25, 0.3) is 0 Å². The molecule has 0 unspecified atom stereocenters. The molecule has 0 aliphatic carbocycles. The number of nitrogens with one attached hydrogen (secondary N) is 1. The van der Waals surface area contributed by atoms with E-state index in [4.69, 9.17) is 10.5 Å². The van der Waals surface area contributed by atoms with Gasteiger partial charge in [0.15, 0.2) is 0 Å². The zero-order valence-corrected chi connectivity index (χ0v) is 12.4. The Morgan fingerprint density at radius 2 is 2.37 bits per heavy atom. The molecule has 3 N–H and O–H groups in total. The highest BCUT2D eigenvalue weighted by Gasteiger charge is 2.34. The van der Waals surface area contributed by atoms with Gasteiger partial charge in [-0.1, -0.05) is 0 Å². The van der Waals surface area contributed by atoms with E-state index >= 15 is 0 Å². The fourth-order valence-electron chi connectivity index (χ4n) is 2.15. The highest BCUT2D eigenvalue weighted by molar-refractivity contribution is 7.09. The normalized spacial score (nSPS) is 23.6. The van der Waals surface area contributed by atoms with E-state index in [9.17, 15) is 4.79 Å². The molecule has 1 aromatic heterocycles. The van der Waals surface area contributed by atoms with Crippen molar-refractivity contribution in [2.45, 2.75) is 51.4 Å². The summed E-state index contributed by atoms with van der Waals surface area (Å²) in [5, 5.41) is 5.91. The standard InChI is InChI=1S/C13H21N3O2S/c1-8-7-19-12(15-8)13(2,3)16-11(17)10-5-4-9(6-14)18-10/h7,9-10H,4-6,14H2,1-3H3,(H,16,17)/t9-,10+/m1/s1. The van der Waals surface area contributed by atoms with Gasteiger partial charge < -0.3 is 15.8 Å². The molecule has 1 fully saturated rings. The lowest BCUT2D eigenvalue weighted by Crippen LogP contribution is -2.46. The first-order valence-corrected chi connectivity index (χ1v) is 7.40. The van der Waals surface area contributed by atoms with Gasteiger partial charge in [0.25, 0.3) is 0 Å². The first-order chi connectivity index (χ1) is 8.92. The van der Waals surface area contributed by atoms with Crippen LogP contribution in [-0.4, -0.2) is 29.6 Å². The van der Waals surface area contributed by atoms with Gasteiger partial charge in [0.05, 0.1) is 11.6 Å². The summed E-state index contributed by atoms with van der Waals surface area (Å²) in [6.07, 6.45) is 1.22. The zero-order chi connectivity index (χ0) is 14.0. The molecule has 1 aromatic rings. The molecule has 0 bridgehead atoms. The Kier molecular flexibility index (Phi) is 4.23. The molecular weight excluding hydrogens is 262 g/mol. The van der Waals surface area contributed by atoms with E-state index in [1.165, 1.54) is 0 Å². The Hall–Kier alpha value is -0.980. The Balaban J connectivity index is 1.98. The number of nitrogens with two attached hydrogens (primary N) is 1. The first kappa shape index (κ1) is 14.4. The monoisotopic (exact) mass is 283 g/mol. The molecule has 1 saturated heterocycles. The third-order valence-corrected chi connectivity index (χ3v) is 4.54. The van der Waals surface area contributed by atoms with Gasteiger partial charge in [-0.25, -0.2) is 4.98 Å². The van der Waals surface area contributed by atoms with E-state index in [0.29, 0.717) is 6.54 Å². The molecule has 106 valence electrons. The van der Waals surface area contributed by atoms with Gasteiger partial charge >= 0.3 is 0 Å². The number of hydrogen-bond acceptors (Lipinski definition) is 5. The lowest BCUT2D eigenvalue weighted by Gasteiger charge is -2.25. The van der Waals surface area contributed by atoms with Crippen molar-refractivity contribution in [2.24, 2.45) is 5.73 Å². The minimum absolute atomic E-state index is 0.0148. The van der Waals surface area contributed by atoms with E-state index in [1.54, 1.807) is 11.3 Å². The molecule has 0 spiro atoms. The maximum atomic E-state index is 12.2. The van der Waals surface area contributed by atoms with Crippen LogP contribution in [0.3, 0.4) is 0 Å². The summed E-state index contributed by atoms with van der Waals surface area (Å²) >= 11 is 1.56. The van der Waals surface area contributed by atoms with E-state index in [0.717, 1.165) is 23.5 Å². The van der Waals surface area contributed by atoms with E-state index < -0.39 is 5.54 Å². The molecule has 0 aromatic carbocycles. The van der Waals surface area contributed by atoms with Crippen LogP contribution in [0, 0.1) is 6.92 Å². The van der Waals surface area contributed by atoms with Crippen molar-refractivity contribution in [2.75, 3.05) is 6.54 Å². The number of ether oxygens (including phenoxy) is 1. The molecule has 6 heteroatoms. The van der Waals surface area contributed by atoms with Crippen LogP contribution in [0.4, 0.5) is 0 Å². The van der Waals surface area contributed by atoms with Gasteiger partial charge in [0.1, 0.15) is 11.1 Å². The van der Waals surface area contributed by atoms with Crippen LogP contribution in [0.15, 0.2) is 5.38 Å². The summed E-state index contributed by atoms with van der Waals surface area (Å²) in [4.78, 5) is 16.6. The fourth-order valence-corrected chi connectivity index (χ4v) is 3.03. The number of thiazole rings is 1. The second-order valence-electron chi connectivity index (χ2n) is 5.47. The topological polar surface area (TPSA) is 77.2 Å². The van der Waals surface area contributed by atoms with Crippen LogP contribution < -0.4 is 11.1 Å². The predicted octanol–water partition coefficient (Wildman–Crippen LogP) is 1.31. The summed E-state index contributed by atoms with van der Waals surface area (Å²) in [6.45, 7) is 6.33. The summed E-state index contributed by atoms with van der Waals surface area (Å²) < 4.78 is 5.61. The number of carbonyl (C=O) groups excluding carboxylic acids is 1. The zero-order valence-electron chi connectivity index (χ0n) is 11.6. The van der Waals surface area contributed by atoms with Gasteiger partial charge in [0.2, 0.25) is 5.91 Å². The average Bonchev–Trinajstić information content (AvgIpc) is 2.96. The number of rotatable bonds is 4. The number of nitrogens with zero attached hydrogens (tertiary/aromatic N) is 1. The predicted molar refractivity (Wildman–Crippen MR) is 75.0 cm³/mol. The molecule has 0 radical (unpaired) electrons. The van der Waals surface area contributed by atoms with E-state index in [2.05, 4.69) is 10.3 Å². The van der Waals surface area contributed by atoms with Crippen molar-refractivity contribution in [3.05, 3.63) is 16.1 Å². The van der Waals surface area contributed by atoms with Crippen LogP contribution in [0.2, 0.25) is 0 Å². The first-order valence-electron chi connectivity index (χ1n) is 6.52. The maximum absolute atomic E-state index is 12.2. The molecule has 2 atom stereocenters. The second-order valence-corrected chi connectivity index (χ2v) is 6.33. The molecule has 1 amide bonds. The van der Waals surface area contributed by atoms with Crippen LogP contribution in [-0.2, 0) is 15.1 Å². The number of aryl methyl sites for hydroxylation is 1. The van der Waals surface area contributed by atoms with Gasteiger partial charge in [-0.15, -0.1) is 11.3 Å². The number of aromatic nitrogens is 1. The largest absolute Gasteiger partial charge is 0.364 e. The lowest BCUT2D eigenvalue weighted by atomic mass is 10.1. The van der Waals surface area contributed by atoms with Crippen molar-refractivity contribution in [3.63, 3.8) is 0 Å². The molecule has 1 aliphatic heterocycles. The number of carbonyl (C=O) groups is 1. The highest BCUT2D eigenvalue weighted by Crippen LogP contribution is 2.25. The molecule has 2 heterocycles. The van der Waals surface area contributed by atoms with Gasteiger partial charge in [0, 0.05) is 17.6 Å². The minimum atomic E-state index is -0.472. The quantitative estimate of drug-likeness (QED) is 0.873. The van der Waals surface area contributed by atoms with Gasteiger partial charge in [-0.2, -0.15) is 0 Å². The summed E-state index contributed by atoms with van der Waals surface area (Å²) in [5.74, 6) is -0.0752. The van der Waals surface area contributed by atoms with Gasteiger partial charge in [-0.3, -0.25) is 4.79 Å². The molecule has 1 aliphatic rings. The Morgan fingerprint density at radius 3 is 2.89 bits per heavy atom. The van der Waals surface area contributed by atoms with Crippen molar-refractivity contribution in [1.82, 2.24) is 10.3 Å². The average molecular weight is 283 g/mol. The van der Waals surface area contributed by atoms with Crippen molar-refractivity contribution < 1.29 is 9.53 Å². The van der Waals surface area contributed by atoms with Crippen LogP contribution in [0.1, 0.15) is 37.4 Å². The molecule has 5 nitrogen and oxygen atoms in total. The molecule has 19 heavy (non-hydrogen) atoms. The molecule has 2 rings (SSSR count). The van der Waals surface area contributed by atoms with Crippen molar-refractivity contribution >= 4 is 17.2 Å². The number of hydrogen-bond donors (Lipinski definition) is 2. The highest BCUT2D eigenvalue weighted by atomic mass is 32.1. The van der Waals surface area contributed by atoms with Crippen LogP contribution in [0.5, 0.6) is 0 Å². The van der Waals surface area contributed by atoms with E-state index in [-0.39, 0.29) is 18.1 Å². The van der Waals surface area contributed by atoms with E-state index in [1.807, 2.05) is 26.2 Å². The Morgan fingerprint density at radius 1 is 1.63 bits per heavy atom. The third-order valence-electron chi connectivity index (χ3n) is 3.25. The third kappa shape index (κ3) is 3.32. The summed E-state index contributed by atoms with van der Waals surface area (Å²) in [5.41, 5.74) is 6.05. The fraction of sp³-hybridized carbons (Fsp3) is 0.692. The summed E-state index contributed by atoms with van der Waals surface area (Å²) in [6, 6.07) is 0. The lowest BCUT2D eigenvalue weighted by molar-refractivity contribution is -0.133. The smallest absolute Gasteiger partial charge is 0.249 e. The van der Waals surface area contributed by atoms with Gasteiger partial charge in [-0.05, 0) is 33.6 Å². The maximum Gasteiger partial charge on any atom is 0.249 e. The van der Waals surface area contributed by atoms with Crippen LogP contribution >= 0.6 is 11.3 Å². The van der Waals surface area contributed by atoms with Crippen molar-refractivity contribution in [3.8, 4) is 0 Å². The Labute approximate surface area is 117 Å². The second kappa shape index (κ2) is 5.56. The Bertz CT molecular complexity index is 458. The SMILES string of the molecule is Cc1csc(C(C)(C)NC(=O)[C@@H]2CC[C@H](CN)O2)n1. The minimum Gasteiger partial charge on any atom is -0.364 e. The number of amides is 1. The molecule has 0 saturated carbocycles. The summed E-state index contributed by atoms with van der Waals surface area (Å²) in [7, 11) is 0.